The molecule has 126 valence electrons. The summed E-state index contributed by atoms with van der Waals surface area (Å²) in [4.78, 5) is 0. The molecule has 0 aliphatic rings. The highest BCUT2D eigenvalue weighted by Crippen LogP contribution is 2.11. The molecule has 1 nitrogen and oxygen atoms in total. The van der Waals surface area contributed by atoms with Gasteiger partial charge in [-0.2, -0.15) is 0 Å². The normalized spacial score (nSPS) is 10.8. The first-order valence-electron chi connectivity index (χ1n) is 9.72. The average Bonchev–Trinajstić information content (AvgIpc) is 2.49. The largest absolute Gasteiger partial charge is 0.389 e. The summed E-state index contributed by atoms with van der Waals surface area (Å²) in [6, 6.07) is 0. The fraction of sp³-hybridized carbons (Fsp3) is 0.900. The second kappa shape index (κ2) is 17.6. The standard InChI is InChI=1S/C20H41N/c1-4-6-8-9-10-11-12-13-14-15-16-17-19-21-20(3)18-7-5-2/h21H,3-19H2,1-2H3. The van der Waals surface area contributed by atoms with E-state index in [4.69, 9.17) is 0 Å². The van der Waals surface area contributed by atoms with Crippen LogP contribution in [0.1, 0.15) is 110 Å². The predicted octanol–water partition coefficient (Wildman–Crippen LogP) is 6.98. The van der Waals surface area contributed by atoms with Gasteiger partial charge >= 0.3 is 0 Å². The summed E-state index contributed by atoms with van der Waals surface area (Å²) in [6.07, 6.45) is 20.7. The molecule has 0 saturated heterocycles. The van der Waals surface area contributed by atoms with E-state index in [1.165, 1.54) is 95.6 Å². The number of nitrogens with one attached hydrogen (secondary N) is 1. The molecule has 0 amide bonds. The van der Waals surface area contributed by atoms with Crippen LogP contribution in [0.15, 0.2) is 12.3 Å². The van der Waals surface area contributed by atoms with Crippen LogP contribution < -0.4 is 5.32 Å². The van der Waals surface area contributed by atoms with Gasteiger partial charge in [-0.3, -0.25) is 0 Å². The minimum atomic E-state index is 1.12. The molecule has 0 atom stereocenters. The first kappa shape index (κ1) is 20.5. The third-order valence-electron chi connectivity index (χ3n) is 4.24. The zero-order chi connectivity index (χ0) is 15.6. The summed E-state index contributed by atoms with van der Waals surface area (Å²) in [7, 11) is 0. The fourth-order valence-corrected chi connectivity index (χ4v) is 2.71. The van der Waals surface area contributed by atoms with Crippen LogP contribution in [0.3, 0.4) is 0 Å². The average molecular weight is 296 g/mol. The van der Waals surface area contributed by atoms with Crippen LogP contribution >= 0.6 is 0 Å². The lowest BCUT2D eigenvalue weighted by molar-refractivity contribution is 0.539. The zero-order valence-corrected chi connectivity index (χ0v) is 15.0. The van der Waals surface area contributed by atoms with Crippen molar-refractivity contribution in [3.63, 3.8) is 0 Å². The Hall–Kier alpha value is -0.460. The van der Waals surface area contributed by atoms with Crippen molar-refractivity contribution in [3.05, 3.63) is 12.3 Å². The van der Waals surface area contributed by atoms with Crippen molar-refractivity contribution in [2.45, 2.75) is 110 Å². The topological polar surface area (TPSA) is 12.0 Å². The van der Waals surface area contributed by atoms with Crippen molar-refractivity contribution in [2.75, 3.05) is 6.54 Å². The lowest BCUT2D eigenvalue weighted by Crippen LogP contribution is -2.13. The van der Waals surface area contributed by atoms with Gasteiger partial charge < -0.3 is 5.32 Å². The van der Waals surface area contributed by atoms with Crippen LogP contribution in [0, 0.1) is 0 Å². The monoisotopic (exact) mass is 295 g/mol. The van der Waals surface area contributed by atoms with Gasteiger partial charge in [-0.25, -0.2) is 0 Å². The van der Waals surface area contributed by atoms with Crippen LogP contribution in [0.25, 0.3) is 0 Å². The molecule has 0 aliphatic carbocycles. The molecule has 0 bridgehead atoms. The molecule has 0 aliphatic heterocycles. The molecule has 0 heterocycles. The lowest BCUT2D eigenvalue weighted by Gasteiger charge is -2.08. The SMILES string of the molecule is C=C(CCCC)NCCCCCCCCCCCCCC. The highest BCUT2D eigenvalue weighted by molar-refractivity contribution is 4.90. The van der Waals surface area contributed by atoms with Crippen molar-refractivity contribution in [1.82, 2.24) is 5.32 Å². The molecule has 0 spiro atoms. The second-order valence-corrected chi connectivity index (χ2v) is 6.52. The minimum Gasteiger partial charge on any atom is -0.389 e. The molecule has 21 heavy (non-hydrogen) atoms. The Balaban J connectivity index is 3.04. The number of rotatable bonds is 17. The highest BCUT2D eigenvalue weighted by atomic mass is 14.9. The Morgan fingerprint density at radius 1 is 0.619 bits per heavy atom. The predicted molar refractivity (Wildman–Crippen MR) is 97.7 cm³/mol. The van der Waals surface area contributed by atoms with E-state index in [0.717, 1.165) is 13.0 Å². The second-order valence-electron chi connectivity index (χ2n) is 6.52. The Labute approximate surface area is 135 Å². The summed E-state index contributed by atoms with van der Waals surface area (Å²) < 4.78 is 0. The van der Waals surface area contributed by atoms with Crippen molar-refractivity contribution < 1.29 is 0 Å². The van der Waals surface area contributed by atoms with Gasteiger partial charge in [0.05, 0.1) is 0 Å². The lowest BCUT2D eigenvalue weighted by atomic mass is 10.1. The van der Waals surface area contributed by atoms with Gasteiger partial charge in [0.25, 0.3) is 0 Å². The van der Waals surface area contributed by atoms with E-state index in [2.05, 4.69) is 25.7 Å². The van der Waals surface area contributed by atoms with E-state index >= 15 is 0 Å². The number of hydrogen-bond donors (Lipinski definition) is 1. The molecule has 0 unspecified atom stereocenters. The molecular weight excluding hydrogens is 254 g/mol. The van der Waals surface area contributed by atoms with E-state index in [-0.39, 0.29) is 0 Å². The Kier molecular flexibility index (Phi) is 17.2. The van der Waals surface area contributed by atoms with Crippen LogP contribution in [0.5, 0.6) is 0 Å². The molecule has 1 N–H and O–H groups in total. The Morgan fingerprint density at radius 2 is 1.05 bits per heavy atom. The maximum atomic E-state index is 4.08. The number of allylic oxidation sites excluding steroid dienone is 1. The van der Waals surface area contributed by atoms with Crippen molar-refractivity contribution in [3.8, 4) is 0 Å². The molecule has 0 aromatic heterocycles. The van der Waals surface area contributed by atoms with Crippen LogP contribution in [0.2, 0.25) is 0 Å². The summed E-state index contributed by atoms with van der Waals surface area (Å²) in [6.45, 7) is 9.72. The molecule has 0 fully saturated rings. The molecule has 1 heteroatoms. The third kappa shape index (κ3) is 17.5. The summed E-state index contributed by atoms with van der Waals surface area (Å²) in [5.41, 5.74) is 1.24. The van der Waals surface area contributed by atoms with Crippen molar-refractivity contribution >= 4 is 0 Å². The van der Waals surface area contributed by atoms with Crippen LogP contribution in [-0.4, -0.2) is 6.54 Å². The van der Waals surface area contributed by atoms with E-state index in [1.807, 2.05) is 0 Å². The Bertz CT molecular complexity index is 210. The van der Waals surface area contributed by atoms with E-state index in [9.17, 15) is 0 Å². The smallest absolute Gasteiger partial charge is 0.0143 e. The first-order valence-corrected chi connectivity index (χ1v) is 9.72. The van der Waals surface area contributed by atoms with Gasteiger partial charge in [-0.15, -0.1) is 0 Å². The Morgan fingerprint density at radius 3 is 1.52 bits per heavy atom. The molecule has 0 saturated carbocycles. The molecule has 0 radical (unpaired) electrons. The van der Waals surface area contributed by atoms with Crippen molar-refractivity contribution in [2.24, 2.45) is 0 Å². The van der Waals surface area contributed by atoms with Gasteiger partial charge in [0.15, 0.2) is 0 Å². The van der Waals surface area contributed by atoms with E-state index < -0.39 is 0 Å². The summed E-state index contributed by atoms with van der Waals surface area (Å²) in [5, 5.41) is 3.46. The summed E-state index contributed by atoms with van der Waals surface area (Å²) in [5.74, 6) is 0. The van der Waals surface area contributed by atoms with Gasteiger partial charge in [0, 0.05) is 12.2 Å². The van der Waals surface area contributed by atoms with E-state index in [0.29, 0.717) is 0 Å². The van der Waals surface area contributed by atoms with E-state index in [1.54, 1.807) is 0 Å². The van der Waals surface area contributed by atoms with Gasteiger partial charge in [-0.05, 0) is 19.3 Å². The molecule has 0 aromatic carbocycles. The van der Waals surface area contributed by atoms with Gasteiger partial charge in [0.1, 0.15) is 0 Å². The summed E-state index contributed by atoms with van der Waals surface area (Å²) >= 11 is 0. The highest BCUT2D eigenvalue weighted by Gasteiger charge is 1.95. The zero-order valence-electron chi connectivity index (χ0n) is 15.0. The number of hydrogen-bond acceptors (Lipinski definition) is 1. The quantitative estimate of drug-likeness (QED) is 0.285. The molecular formula is C20H41N. The number of unbranched alkanes of at least 4 members (excludes halogenated alkanes) is 12. The van der Waals surface area contributed by atoms with Crippen LogP contribution in [0.4, 0.5) is 0 Å². The maximum absolute atomic E-state index is 4.08. The fourth-order valence-electron chi connectivity index (χ4n) is 2.71. The maximum Gasteiger partial charge on any atom is 0.0143 e. The third-order valence-corrected chi connectivity index (χ3v) is 4.24. The minimum absolute atomic E-state index is 1.12. The van der Waals surface area contributed by atoms with Crippen LogP contribution in [-0.2, 0) is 0 Å². The van der Waals surface area contributed by atoms with Crippen molar-refractivity contribution in [1.29, 1.82) is 0 Å². The molecule has 0 aromatic rings. The molecule has 0 rings (SSSR count). The van der Waals surface area contributed by atoms with Gasteiger partial charge in [-0.1, -0.05) is 97.5 Å². The van der Waals surface area contributed by atoms with Gasteiger partial charge in [0.2, 0.25) is 0 Å². The first-order chi connectivity index (χ1) is 10.3.